The lowest BCUT2D eigenvalue weighted by atomic mass is 9.74. The van der Waals surface area contributed by atoms with Gasteiger partial charge in [-0.05, 0) is 60.9 Å². The van der Waals surface area contributed by atoms with Crippen molar-refractivity contribution in [2.24, 2.45) is 29.6 Å². The molecule has 2 saturated heterocycles. The summed E-state index contributed by atoms with van der Waals surface area (Å²) in [4.78, 5) is 55.9. The van der Waals surface area contributed by atoms with E-state index < -0.39 is 77.1 Å². The number of cyclic esters (lactones) is 1. The first-order valence-electron chi connectivity index (χ1n) is 16.9. The van der Waals surface area contributed by atoms with Gasteiger partial charge in [-0.15, -0.1) is 12.3 Å². The average molecular weight is 666 g/mol. The maximum Gasteiger partial charge on any atom is 0.316 e. The van der Waals surface area contributed by atoms with Gasteiger partial charge in [0.05, 0.1) is 23.9 Å². The van der Waals surface area contributed by atoms with Gasteiger partial charge in [-0.25, -0.2) is 0 Å². The number of methoxy groups -OCH3 is 1. The fraction of sp³-hybridized carbons (Fsp3) is 0.833. The van der Waals surface area contributed by atoms with Crippen LogP contribution in [0.3, 0.4) is 0 Å². The molecule has 0 aromatic carbocycles. The van der Waals surface area contributed by atoms with Crippen LogP contribution in [-0.2, 0) is 38.1 Å². The molecule has 0 saturated carbocycles. The first kappa shape index (κ1) is 41.0. The van der Waals surface area contributed by atoms with E-state index in [1.165, 1.54) is 34.8 Å². The molecule has 2 aliphatic rings. The van der Waals surface area contributed by atoms with Gasteiger partial charge in [0, 0.05) is 56.2 Å². The first-order chi connectivity index (χ1) is 21.8. The lowest BCUT2D eigenvalue weighted by Crippen LogP contribution is -2.59. The number of ketones is 3. The largest absolute Gasteiger partial charge is 0.459 e. The Morgan fingerprint density at radius 3 is 2.26 bits per heavy atom. The van der Waals surface area contributed by atoms with E-state index in [1.54, 1.807) is 27.7 Å². The van der Waals surface area contributed by atoms with Crippen molar-refractivity contribution in [1.82, 2.24) is 4.90 Å². The summed E-state index contributed by atoms with van der Waals surface area (Å²) in [5.74, 6) is -3.40. The quantitative estimate of drug-likeness (QED) is 0.212. The van der Waals surface area contributed by atoms with E-state index in [0.717, 1.165) is 0 Å². The zero-order valence-corrected chi connectivity index (χ0v) is 30.3. The molecule has 11 heteroatoms. The smallest absolute Gasteiger partial charge is 0.316 e. The first-order valence-corrected chi connectivity index (χ1v) is 16.9. The van der Waals surface area contributed by atoms with E-state index >= 15 is 0 Å². The van der Waals surface area contributed by atoms with Crippen LogP contribution in [0, 0.1) is 41.9 Å². The van der Waals surface area contributed by atoms with Gasteiger partial charge in [0.2, 0.25) is 0 Å². The zero-order chi connectivity index (χ0) is 36.0. The van der Waals surface area contributed by atoms with Gasteiger partial charge >= 0.3 is 5.97 Å². The highest BCUT2D eigenvalue weighted by Gasteiger charge is 2.52. The van der Waals surface area contributed by atoms with Crippen molar-refractivity contribution in [3.8, 4) is 12.3 Å². The topological polar surface area (TPSA) is 149 Å². The molecule has 11 nitrogen and oxygen atoms in total. The number of esters is 1. The zero-order valence-electron chi connectivity index (χ0n) is 30.3. The van der Waals surface area contributed by atoms with Crippen molar-refractivity contribution >= 4 is 23.3 Å². The van der Waals surface area contributed by atoms with E-state index in [4.69, 9.17) is 25.4 Å². The standard InChI is InChI=1S/C36H59NO10/c1-13-15-16-37(11)27-18-22(5)45-34(26(27)17-21(4)38)47-32-24(7)30(40)25(8)33(42)46-28(14-2)36(10,43)31(41)23(6)29(39)20(3)19-35(32,9)44-12/h1,20,22-28,31-32,34,41,43H,14-19H2,2-12H3/t20-,22-,23+,24+,25-,26-,27+,28-,31-,32-,34+,35-,36-/m1/s1. The van der Waals surface area contributed by atoms with Crippen molar-refractivity contribution in [3.05, 3.63) is 0 Å². The Balaban J connectivity index is 2.68. The number of aliphatic hydroxyl groups is 2. The summed E-state index contributed by atoms with van der Waals surface area (Å²) in [6, 6.07) is -0.116. The molecule has 0 aromatic rings. The summed E-state index contributed by atoms with van der Waals surface area (Å²) in [6.45, 7) is 15.1. The Morgan fingerprint density at radius 2 is 1.72 bits per heavy atom. The van der Waals surface area contributed by atoms with Gasteiger partial charge in [0.1, 0.15) is 29.2 Å². The van der Waals surface area contributed by atoms with E-state index in [2.05, 4.69) is 10.8 Å². The van der Waals surface area contributed by atoms with Crippen LogP contribution in [-0.4, -0.2) is 107 Å². The van der Waals surface area contributed by atoms with Gasteiger partial charge < -0.3 is 38.9 Å². The summed E-state index contributed by atoms with van der Waals surface area (Å²) in [6.07, 6.45) is 2.15. The number of hydrogen-bond acceptors (Lipinski definition) is 11. The average Bonchev–Trinajstić information content (AvgIpc) is 3.02. The molecular weight excluding hydrogens is 606 g/mol. The number of aliphatic hydroxyl groups excluding tert-OH is 1. The van der Waals surface area contributed by atoms with Crippen molar-refractivity contribution < 1.29 is 48.3 Å². The molecule has 2 fully saturated rings. The van der Waals surface area contributed by atoms with E-state index in [9.17, 15) is 29.4 Å². The van der Waals surface area contributed by atoms with Crippen molar-refractivity contribution in [2.45, 2.75) is 142 Å². The van der Waals surface area contributed by atoms with Crippen molar-refractivity contribution in [2.75, 3.05) is 20.7 Å². The molecule has 2 N–H and O–H groups in total. The van der Waals surface area contributed by atoms with Crippen LogP contribution in [0.2, 0.25) is 0 Å². The lowest BCUT2D eigenvalue weighted by Gasteiger charge is -2.48. The number of nitrogens with zero attached hydrogens (tertiary/aromatic N) is 1. The Labute approximate surface area is 281 Å². The van der Waals surface area contributed by atoms with E-state index in [0.29, 0.717) is 19.4 Å². The van der Waals surface area contributed by atoms with Crippen LogP contribution in [0.1, 0.15) is 94.4 Å². The molecule has 0 bridgehead atoms. The highest BCUT2D eigenvalue weighted by molar-refractivity contribution is 6.00. The predicted octanol–water partition coefficient (Wildman–Crippen LogP) is 3.35. The molecular formula is C36H59NO10. The van der Waals surface area contributed by atoms with Crippen LogP contribution >= 0.6 is 0 Å². The molecule has 0 aromatic heterocycles. The minimum atomic E-state index is -1.96. The third kappa shape index (κ3) is 9.49. The highest BCUT2D eigenvalue weighted by atomic mass is 16.7. The van der Waals surface area contributed by atoms with Crippen LogP contribution in [0.25, 0.3) is 0 Å². The van der Waals surface area contributed by atoms with Gasteiger partial charge in [0.25, 0.3) is 0 Å². The molecule has 268 valence electrons. The predicted molar refractivity (Wildman–Crippen MR) is 176 cm³/mol. The molecule has 0 radical (unpaired) electrons. The third-order valence-electron chi connectivity index (χ3n) is 10.5. The molecule has 47 heavy (non-hydrogen) atoms. The molecule has 0 amide bonds. The van der Waals surface area contributed by atoms with Crippen LogP contribution in [0.5, 0.6) is 0 Å². The lowest BCUT2D eigenvalue weighted by molar-refractivity contribution is -0.284. The van der Waals surface area contributed by atoms with Gasteiger partial charge in [-0.3, -0.25) is 14.4 Å². The highest BCUT2D eigenvalue weighted by Crippen LogP contribution is 2.40. The Hall–Kier alpha value is -2.20. The molecule has 0 aliphatic carbocycles. The summed E-state index contributed by atoms with van der Waals surface area (Å²) in [7, 11) is 3.42. The second kappa shape index (κ2) is 17.0. The molecule has 0 spiro atoms. The minimum absolute atomic E-state index is 0.0498. The van der Waals surface area contributed by atoms with Crippen LogP contribution in [0.15, 0.2) is 0 Å². The number of carbonyl (C=O) groups excluding carboxylic acids is 4. The monoisotopic (exact) mass is 665 g/mol. The number of ether oxygens (including phenoxy) is 4. The Bertz CT molecular complexity index is 1150. The molecule has 0 unspecified atom stereocenters. The number of terminal acetylenes is 1. The maximum atomic E-state index is 14.1. The van der Waals surface area contributed by atoms with Crippen molar-refractivity contribution in [3.63, 3.8) is 0 Å². The molecule has 2 aliphatic heterocycles. The van der Waals surface area contributed by atoms with Gasteiger partial charge in [0.15, 0.2) is 12.1 Å². The number of Topliss-reactive ketones (excluding diaryl/α,β-unsaturated/α-hetero) is 3. The van der Waals surface area contributed by atoms with E-state index in [-0.39, 0.29) is 43.0 Å². The summed E-state index contributed by atoms with van der Waals surface area (Å²) in [5.41, 5.74) is -3.23. The van der Waals surface area contributed by atoms with Crippen molar-refractivity contribution in [1.29, 1.82) is 0 Å². The van der Waals surface area contributed by atoms with Crippen LogP contribution < -0.4 is 0 Å². The summed E-state index contributed by atoms with van der Waals surface area (Å²) < 4.78 is 24.9. The Morgan fingerprint density at radius 1 is 1.11 bits per heavy atom. The number of carbonyl (C=O) groups is 4. The van der Waals surface area contributed by atoms with Gasteiger partial charge in [-0.2, -0.15) is 0 Å². The van der Waals surface area contributed by atoms with E-state index in [1.807, 2.05) is 14.0 Å². The minimum Gasteiger partial charge on any atom is -0.459 e. The van der Waals surface area contributed by atoms with Crippen LogP contribution in [0.4, 0.5) is 0 Å². The summed E-state index contributed by atoms with van der Waals surface area (Å²) in [5, 5.41) is 22.6. The molecule has 2 heterocycles. The maximum absolute atomic E-state index is 14.1. The fourth-order valence-electron chi connectivity index (χ4n) is 7.47. The number of hydrogen-bond donors (Lipinski definition) is 2. The summed E-state index contributed by atoms with van der Waals surface area (Å²) >= 11 is 0. The third-order valence-corrected chi connectivity index (χ3v) is 10.5. The second-order valence-corrected chi connectivity index (χ2v) is 14.4. The molecule has 2 rings (SSSR count). The normalized spacial score (nSPS) is 41.2. The molecule has 13 atom stereocenters. The second-order valence-electron chi connectivity index (χ2n) is 14.4. The number of rotatable bonds is 9. The SMILES string of the molecule is C#CCCN(C)[C@H]1C[C@@H](C)O[C@@H](O[C@@H]2[C@@H](C)C(=O)[C@@H](C)C(=O)O[C@H](CC)[C@@](C)(O)[C@H](O)[C@@H](C)C(=O)[C@H](C)C[C@@]2(C)OC)[C@@H]1CC(C)=O. The van der Waals surface area contributed by atoms with Gasteiger partial charge in [-0.1, -0.05) is 27.7 Å². The fourth-order valence-corrected chi connectivity index (χ4v) is 7.47. The Kier molecular flexibility index (Phi) is 14.8.